The Morgan fingerprint density at radius 3 is 1.87 bits per heavy atom. The summed E-state index contributed by atoms with van der Waals surface area (Å²) < 4.78 is 56.3. The molecule has 1 fully saturated rings. The number of benzene rings is 4. The summed E-state index contributed by atoms with van der Waals surface area (Å²) in [6, 6.07) is 16.1. The van der Waals surface area contributed by atoms with E-state index in [0.29, 0.717) is 11.1 Å². The van der Waals surface area contributed by atoms with Crippen LogP contribution in [0.4, 0.5) is 8.78 Å². The maximum absolute atomic E-state index is 14.1. The SMILES string of the molecule is O=C(CCc1ccc(F)cc1)O[C@H]1[C@H](OC2C(=O)c3c(O)cc(O)cc3OC2c2ccc(O)c(O)c2)O[C@H](CO)[C@@H](O)[C@@H]1OC(=O)CCc1ccc(F)cc1. The fourth-order valence-corrected chi connectivity index (χ4v) is 6.27. The molecule has 1 saturated heterocycles. The molecular formula is C39H36F2O14. The monoisotopic (exact) mass is 766 g/mol. The van der Waals surface area contributed by atoms with E-state index in [2.05, 4.69) is 0 Å². The first-order valence-electron chi connectivity index (χ1n) is 17.1. The number of carbonyl (C=O) groups is 3. The lowest BCUT2D eigenvalue weighted by Gasteiger charge is -2.44. The van der Waals surface area contributed by atoms with Crippen molar-refractivity contribution < 1.29 is 77.5 Å². The smallest absolute Gasteiger partial charge is 0.306 e. The van der Waals surface area contributed by atoms with E-state index in [0.717, 1.165) is 24.3 Å². The van der Waals surface area contributed by atoms with E-state index >= 15 is 0 Å². The number of fused-ring (bicyclic) bond motifs is 1. The average Bonchev–Trinajstić information content (AvgIpc) is 3.15. The number of Topliss-reactive ketones (excluding diaryl/α,β-unsaturated/α-hetero) is 1. The third-order valence-corrected chi connectivity index (χ3v) is 9.10. The molecule has 2 heterocycles. The van der Waals surface area contributed by atoms with Gasteiger partial charge in [0, 0.05) is 25.0 Å². The van der Waals surface area contributed by atoms with Gasteiger partial charge < -0.3 is 54.3 Å². The summed E-state index contributed by atoms with van der Waals surface area (Å²) in [6.45, 7) is -0.872. The molecule has 2 aliphatic rings. The number of rotatable bonds is 12. The van der Waals surface area contributed by atoms with Crippen molar-refractivity contribution in [2.45, 2.75) is 68.6 Å². The van der Waals surface area contributed by atoms with Crippen molar-refractivity contribution in [1.29, 1.82) is 0 Å². The molecule has 0 aromatic heterocycles. The van der Waals surface area contributed by atoms with Crippen molar-refractivity contribution in [2.75, 3.05) is 6.61 Å². The quantitative estimate of drug-likeness (QED) is 0.0896. The number of hydrogen-bond donors (Lipinski definition) is 6. The molecule has 4 aromatic carbocycles. The Morgan fingerprint density at radius 2 is 1.31 bits per heavy atom. The van der Waals surface area contributed by atoms with E-state index in [9.17, 15) is 53.8 Å². The van der Waals surface area contributed by atoms with E-state index in [1.165, 1.54) is 54.6 Å². The van der Waals surface area contributed by atoms with Crippen molar-refractivity contribution in [2.24, 2.45) is 0 Å². The second-order valence-corrected chi connectivity index (χ2v) is 12.9. The molecule has 0 bridgehead atoms. The molecule has 2 unspecified atom stereocenters. The van der Waals surface area contributed by atoms with Crippen LogP contribution in [-0.4, -0.2) is 91.8 Å². The highest BCUT2D eigenvalue weighted by molar-refractivity contribution is 6.05. The van der Waals surface area contributed by atoms with E-state index in [-0.39, 0.29) is 37.0 Å². The number of aromatic hydroxyl groups is 4. The van der Waals surface area contributed by atoms with Crippen molar-refractivity contribution in [1.82, 2.24) is 0 Å². The van der Waals surface area contributed by atoms with Crippen LogP contribution in [0.25, 0.3) is 0 Å². The average molecular weight is 767 g/mol. The van der Waals surface area contributed by atoms with Crippen LogP contribution in [0.5, 0.6) is 28.7 Å². The van der Waals surface area contributed by atoms with Gasteiger partial charge in [-0.05, 0) is 65.9 Å². The lowest BCUT2D eigenvalue weighted by molar-refractivity contribution is -0.316. The molecule has 6 rings (SSSR count). The van der Waals surface area contributed by atoms with Crippen LogP contribution in [0.15, 0.2) is 78.9 Å². The lowest BCUT2D eigenvalue weighted by atomic mass is 9.92. The second kappa shape index (κ2) is 16.7. The molecule has 0 radical (unpaired) electrons. The first kappa shape index (κ1) is 38.9. The van der Waals surface area contributed by atoms with Crippen molar-refractivity contribution in [3.63, 3.8) is 0 Å². The molecule has 0 saturated carbocycles. The normalized spacial score (nSPS) is 23.3. The number of aliphatic hydroxyl groups is 2. The fraction of sp³-hybridized carbons (Fsp3) is 0.308. The minimum atomic E-state index is -1.89. The van der Waals surface area contributed by atoms with Crippen molar-refractivity contribution in [3.05, 3.63) is 113 Å². The van der Waals surface area contributed by atoms with Gasteiger partial charge in [0.15, 0.2) is 42.2 Å². The van der Waals surface area contributed by atoms with Crippen molar-refractivity contribution >= 4 is 17.7 Å². The van der Waals surface area contributed by atoms with E-state index in [1.54, 1.807) is 0 Å². The zero-order valence-corrected chi connectivity index (χ0v) is 28.8. The van der Waals surface area contributed by atoms with Gasteiger partial charge in [-0.15, -0.1) is 0 Å². The first-order valence-corrected chi connectivity index (χ1v) is 17.1. The van der Waals surface area contributed by atoms with Gasteiger partial charge in [0.05, 0.1) is 6.61 Å². The first-order chi connectivity index (χ1) is 26.3. The number of aliphatic hydroxyl groups excluding tert-OH is 2. The zero-order chi connectivity index (χ0) is 39.4. The van der Waals surface area contributed by atoms with Gasteiger partial charge in [0.25, 0.3) is 0 Å². The number of carbonyl (C=O) groups excluding carboxylic acids is 3. The molecular weight excluding hydrogens is 730 g/mol. The van der Waals surface area contributed by atoms with Crippen LogP contribution in [0, 0.1) is 11.6 Å². The number of phenolic OH excluding ortho intramolecular Hbond substituents is 4. The molecule has 0 spiro atoms. The predicted octanol–water partition coefficient (Wildman–Crippen LogP) is 3.66. The Balaban J connectivity index is 1.33. The summed E-state index contributed by atoms with van der Waals surface area (Å²) in [6.07, 6.45) is -12.5. The molecule has 0 aliphatic carbocycles. The third kappa shape index (κ3) is 8.95. The van der Waals surface area contributed by atoms with Crippen LogP contribution in [0.3, 0.4) is 0 Å². The Hall–Kier alpha value is -5.81. The molecule has 16 heteroatoms. The molecule has 290 valence electrons. The molecule has 6 N–H and O–H groups in total. The minimum absolute atomic E-state index is 0.0494. The van der Waals surface area contributed by atoms with Gasteiger partial charge in [0.1, 0.15) is 46.7 Å². The summed E-state index contributed by atoms with van der Waals surface area (Å²) >= 11 is 0. The highest BCUT2D eigenvalue weighted by atomic mass is 19.1. The number of halogens is 2. The topological polar surface area (TPSA) is 219 Å². The number of esters is 2. The van der Waals surface area contributed by atoms with Gasteiger partial charge in [-0.1, -0.05) is 30.3 Å². The maximum Gasteiger partial charge on any atom is 0.306 e. The Bertz CT molecular complexity index is 2020. The van der Waals surface area contributed by atoms with Gasteiger partial charge in [0.2, 0.25) is 5.78 Å². The highest BCUT2D eigenvalue weighted by Crippen LogP contribution is 2.45. The number of hydrogen-bond acceptors (Lipinski definition) is 14. The summed E-state index contributed by atoms with van der Waals surface area (Å²) in [4.78, 5) is 40.7. The highest BCUT2D eigenvalue weighted by Gasteiger charge is 2.53. The van der Waals surface area contributed by atoms with Crippen LogP contribution in [0.1, 0.15) is 46.0 Å². The summed E-state index contributed by atoms with van der Waals surface area (Å²) in [7, 11) is 0. The molecule has 0 amide bonds. The summed E-state index contributed by atoms with van der Waals surface area (Å²) in [5, 5.41) is 62.5. The maximum atomic E-state index is 14.1. The fourth-order valence-electron chi connectivity index (χ4n) is 6.27. The summed E-state index contributed by atoms with van der Waals surface area (Å²) in [5.41, 5.74) is 0.786. The van der Waals surface area contributed by atoms with Gasteiger partial charge in [-0.3, -0.25) is 14.4 Å². The van der Waals surface area contributed by atoms with E-state index in [1.807, 2.05) is 0 Å². The lowest BCUT2D eigenvalue weighted by Crippen LogP contribution is -2.63. The third-order valence-electron chi connectivity index (χ3n) is 9.10. The number of ketones is 1. The van der Waals surface area contributed by atoms with Gasteiger partial charge in [-0.25, -0.2) is 8.78 Å². The van der Waals surface area contributed by atoms with Crippen molar-refractivity contribution in [3.8, 4) is 28.7 Å². The van der Waals surface area contributed by atoms with Crippen LogP contribution in [0.2, 0.25) is 0 Å². The molecule has 2 aliphatic heterocycles. The zero-order valence-electron chi connectivity index (χ0n) is 28.8. The number of phenols is 4. The Labute approximate surface area is 311 Å². The summed E-state index contributed by atoms with van der Waals surface area (Å²) in [5.74, 6) is -6.26. The van der Waals surface area contributed by atoms with Crippen LogP contribution < -0.4 is 4.74 Å². The minimum Gasteiger partial charge on any atom is -0.508 e. The van der Waals surface area contributed by atoms with Crippen LogP contribution in [-0.2, 0) is 41.4 Å². The van der Waals surface area contributed by atoms with Crippen LogP contribution >= 0.6 is 0 Å². The second-order valence-electron chi connectivity index (χ2n) is 12.9. The molecule has 7 atom stereocenters. The standard InChI is InChI=1S/C39H36F2O14/c40-22-8-1-19(2-9-22)5-13-30(47)53-36-33(49)29(18-42)52-39(38(36)54-31(48)14-6-20-3-10-23(41)11-4-20)55-37-34(50)32-27(46)16-24(43)17-28(32)51-35(37)21-7-12-25(44)26(45)15-21/h1-4,7-12,15-17,29,33,35-39,42-46,49H,5-6,13-14,18H2/t29-,33-,35?,36+,37?,38-,39+/m1/s1. The largest absolute Gasteiger partial charge is 0.508 e. The number of ether oxygens (including phenoxy) is 5. The predicted molar refractivity (Wildman–Crippen MR) is 183 cm³/mol. The molecule has 55 heavy (non-hydrogen) atoms. The number of aryl methyl sites for hydroxylation is 2. The van der Waals surface area contributed by atoms with Gasteiger partial charge >= 0.3 is 11.9 Å². The Morgan fingerprint density at radius 1 is 0.727 bits per heavy atom. The molecule has 4 aromatic rings. The molecule has 14 nitrogen and oxygen atoms in total. The van der Waals surface area contributed by atoms with Gasteiger partial charge in [-0.2, -0.15) is 0 Å². The Kier molecular flexibility index (Phi) is 11.8. The van der Waals surface area contributed by atoms with E-state index < -0.39 is 107 Å². The van der Waals surface area contributed by atoms with E-state index in [4.69, 9.17) is 23.7 Å².